The molecule has 9 heteroatoms. The number of halogens is 1. The molecule has 30 heavy (non-hydrogen) atoms. The van der Waals surface area contributed by atoms with Crippen LogP contribution >= 0.6 is 0 Å². The Morgan fingerprint density at radius 1 is 1.03 bits per heavy atom. The van der Waals surface area contributed by atoms with Gasteiger partial charge in [-0.05, 0) is 55.3 Å². The van der Waals surface area contributed by atoms with Crippen molar-refractivity contribution in [3.63, 3.8) is 0 Å². The van der Waals surface area contributed by atoms with E-state index >= 15 is 0 Å². The monoisotopic (exact) mass is 426 g/mol. The second kappa shape index (κ2) is 7.42. The normalized spacial score (nSPS) is 11.6. The third kappa shape index (κ3) is 3.71. The highest BCUT2D eigenvalue weighted by Crippen LogP contribution is 2.27. The number of sulfonamides is 1. The van der Waals surface area contributed by atoms with E-state index in [1.165, 1.54) is 26.2 Å². The molecule has 0 fully saturated rings. The Balaban J connectivity index is 1.70. The molecule has 4 rings (SSSR count). The summed E-state index contributed by atoms with van der Waals surface area (Å²) in [7, 11) is -2.34. The SMILES string of the molecule is COc1ccc2nc(-c3ccc(C)c(NS(=O)(=O)c4ccc(F)c(C)c4)c3)cn2n1. The Labute approximate surface area is 173 Å². The van der Waals surface area contributed by atoms with E-state index in [1.54, 1.807) is 41.9 Å². The van der Waals surface area contributed by atoms with Gasteiger partial charge in [-0.25, -0.2) is 22.3 Å². The van der Waals surface area contributed by atoms with Gasteiger partial charge in [0.1, 0.15) is 5.82 Å². The Morgan fingerprint density at radius 3 is 2.57 bits per heavy atom. The van der Waals surface area contributed by atoms with Crippen LogP contribution in [0.5, 0.6) is 5.88 Å². The lowest BCUT2D eigenvalue weighted by Gasteiger charge is -2.12. The van der Waals surface area contributed by atoms with Crippen molar-refractivity contribution in [3.8, 4) is 17.1 Å². The third-order valence-electron chi connectivity index (χ3n) is 4.72. The summed E-state index contributed by atoms with van der Waals surface area (Å²) in [6.45, 7) is 3.32. The molecule has 0 unspecified atom stereocenters. The smallest absolute Gasteiger partial charge is 0.261 e. The van der Waals surface area contributed by atoms with Crippen molar-refractivity contribution < 1.29 is 17.5 Å². The first kappa shape index (κ1) is 19.8. The van der Waals surface area contributed by atoms with Crippen LogP contribution in [0, 0.1) is 19.7 Å². The van der Waals surface area contributed by atoms with Crippen molar-refractivity contribution in [1.82, 2.24) is 14.6 Å². The molecule has 0 atom stereocenters. The van der Waals surface area contributed by atoms with Crippen molar-refractivity contribution in [2.45, 2.75) is 18.7 Å². The number of nitrogens with one attached hydrogen (secondary N) is 1. The summed E-state index contributed by atoms with van der Waals surface area (Å²) >= 11 is 0. The fourth-order valence-electron chi connectivity index (χ4n) is 2.99. The van der Waals surface area contributed by atoms with E-state index in [9.17, 15) is 12.8 Å². The van der Waals surface area contributed by atoms with Gasteiger partial charge in [0.2, 0.25) is 5.88 Å². The van der Waals surface area contributed by atoms with E-state index in [-0.39, 0.29) is 10.5 Å². The Bertz CT molecular complexity index is 1370. The molecule has 1 N–H and O–H groups in total. The van der Waals surface area contributed by atoms with E-state index in [4.69, 9.17) is 4.74 Å². The van der Waals surface area contributed by atoms with Crippen LogP contribution in [0.4, 0.5) is 10.1 Å². The van der Waals surface area contributed by atoms with Gasteiger partial charge < -0.3 is 4.74 Å². The lowest BCUT2D eigenvalue weighted by molar-refractivity contribution is 0.390. The second-order valence-corrected chi connectivity index (χ2v) is 8.53. The van der Waals surface area contributed by atoms with Gasteiger partial charge in [-0.1, -0.05) is 12.1 Å². The lowest BCUT2D eigenvalue weighted by atomic mass is 10.1. The van der Waals surface area contributed by atoms with E-state index < -0.39 is 15.8 Å². The number of hydrogen-bond acceptors (Lipinski definition) is 5. The predicted molar refractivity (Wildman–Crippen MR) is 112 cm³/mol. The molecule has 4 aromatic rings. The van der Waals surface area contributed by atoms with Crippen molar-refractivity contribution in [1.29, 1.82) is 0 Å². The quantitative estimate of drug-likeness (QED) is 0.522. The number of fused-ring (bicyclic) bond motifs is 1. The minimum absolute atomic E-state index is 0.00442. The highest BCUT2D eigenvalue weighted by Gasteiger charge is 2.17. The van der Waals surface area contributed by atoms with Gasteiger partial charge in [0, 0.05) is 11.6 Å². The number of methoxy groups -OCH3 is 1. The Morgan fingerprint density at radius 2 is 1.83 bits per heavy atom. The molecule has 0 aliphatic rings. The first-order valence-electron chi connectivity index (χ1n) is 9.07. The summed E-state index contributed by atoms with van der Waals surface area (Å²) in [4.78, 5) is 4.53. The molecule has 0 bridgehead atoms. The second-order valence-electron chi connectivity index (χ2n) is 6.85. The van der Waals surface area contributed by atoms with Gasteiger partial charge in [-0.3, -0.25) is 4.72 Å². The van der Waals surface area contributed by atoms with Crippen LogP contribution in [0.15, 0.2) is 59.6 Å². The van der Waals surface area contributed by atoms with Crippen LogP contribution in [0.1, 0.15) is 11.1 Å². The number of ether oxygens (including phenoxy) is 1. The van der Waals surface area contributed by atoms with Crippen LogP contribution in [-0.2, 0) is 10.0 Å². The summed E-state index contributed by atoms with van der Waals surface area (Å²) < 4.78 is 48.4. The van der Waals surface area contributed by atoms with Crippen LogP contribution < -0.4 is 9.46 Å². The van der Waals surface area contributed by atoms with Crippen LogP contribution in [0.25, 0.3) is 16.9 Å². The summed E-state index contributed by atoms with van der Waals surface area (Å²) in [5.74, 6) is 0.00242. The molecule has 7 nitrogen and oxygen atoms in total. The number of rotatable bonds is 5. The van der Waals surface area contributed by atoms with Gasteiger partial charge in [-0.2, -0.15) is 0 Å². The van der Waals surface area contributed by atoms with Gasteiger partial charge in [0.15, 0.2) is 5.65 Å². The van der Waals surface area contributed by atoms with E-state index in [2.05, 4.69) is 14.8 Å². The number of anilines is 1. The van der Waals surface area contributed by atoms with Crippen molar-refractivity contribution in [2.24, 2.45) is 0 Å². The average Bonchev–Trinajstić information content (AvgIpc) is 3.14. The number of aromatic nitrogens is 3. The van der Waals surface area contributed by atoms with Crippen LogP contribution in [0.3, 0.4) is 0 Å². The number of benzene rings is 2. The number of nitrogens with zero attached hydrogens (tertiary/aromatic N) is 3. The van der Waals surface area contributed by atoms with E-state index in [1.807, 2.05) is 6.07 Å². The van der Waals surface area contributed by atoms with Crippen molar-refractivity contribution in [2.75, 3.05) is 11.8 Å². The maximum atomic E-state index is 13.5. The van der Waals surface area contributed by atoms with E-state index in [0.29, 0.717) is 22.9 Å². The Hall–Kier alpha value is -3.46. The summed E-state index contributed by atoms with van der Waals surface area (Å²) in [6.07, 6.45) is 1.74. The first-order valence-corrected chi connectivity index (χ1v) is 10.6. The Kier molecular flexibility index (Phi) is 4.90. The topological polar surface area (TPSA) is 85.6 Å². The fourth-order valence-corrected chi connectivity index (χ4v) is 4.20. The summed E-state index contributed by atoms with van der Waals surface area (Å²) in [5.41, 5.74) is 3.40. The van der Waals surface area contributed by atoms with Crippen LogP contribution in [-0.4, -0.2) is 30.1 Å². The molecular weight excluding hydrogens is 407 g/mol. The highest BCUT2D eigenvalue weighted by molar-refractivity contribution is 7.92. The molecule has 0 saturated heterocycles. The molecule has 2 aromatic heterocycles. The standard InChI is InChI=1S/C21H19FN4O3S/c1-13-4-5-15(19-12-26-20(23-19)8-9-21(24-26)29-3)11-18(13)25-30(27,28)16-6-7-17(22)14(2)10-16/h4-12,25H,1-3H3. The summed E-state index contributed by atoms with van der Waals surface area (Å²) in [5, 5.41) is 4.28. The minimum Gasteiger partial charge on any atom is -0.480 e. The first-order chi connectivity index (χ1) is 14.3. The molecule has 154 valence electrons. The molecule has 0 radical (unpaired) electrons. The third-order valence-corrected chi connectivity index (χ3v) is 6.09. The number of imidazole rings is 1. The van der Waals surface area contributed by atoms with Gasteiger partial charge in [0.05, 0.1) is 29.6 Å². The zero-order valence-corrected chi connectivity index (χ0v) is 17.4. The maximum absolute atomic E-state index is 13.5. The molecule has 0 amide bonds. The van der Waals surface area contributed by atoms with E-state index in [0.717, 1.165) is 17.2 Å². The zero-order valence-electron chi connectivity index (χ0n) is 16.5. The van der Waals surface area contributed by atoms with Crippen molar-refractivity contribution >= 4 is 21.4 Å². The predicted octanol–water partition coefficient (Wildman–Crippen LogP) is 3.96. The highest BCUT2D eigenvalue weighted by atomic mass is 32.2. The van der Waals surface area contributed by atoms with Crippen molar-refractivity contribution in [3.05, 3.63) is 71.7 Å². The lowest BCUT2D eigenvalue weighted by Crippen LogP contribution is -2.14. The molecular formula is C21H19FN4O3S. The molecule has 0 saturated carbocycles. The molecule has 0 spiro atoms. The largest absolute Gasteiger partial charge is 0.480 e. The maximum Gasteiger partial charge on any atom is 0.261 e. The van der Waals surface area contributed by atoms with Gasteiger partial charge >= 0.3 is 0 Å². The minimum atomic E-state index is -3.88. The molecule has 2 heterocycles. The number of aryl methyl sites for hydroxylation is 2. The van der Waals surface area contributed by atoms with Gasteiger partial charge in [0.25, 0.3) is 10.0 Å². The fraction of sp³-hybridized carbons (Fsp3) is 0.143. The summed E-state index contributed by atoms with van der Waals surface area (Å²) in [6, 6.07) is 12.6. The molecule has 0 aliphatic heterocycles. The zero-order chi connectivity index (χ0) is 21.5. The number of hydrogen-bond donors (Lipinski definition) is 1. The van der Waals surface area contributed by atoms with Gasteiger partial charge in [-0.15, -0.1) is 5.10 Å². The van der Waals surface area contributed by atoms with Crippen LogP contribution in [0.2, 0.25) is 0 Å². The molecule has 0 aliphatic carbocycles. The average molecular weight is 426 g/mol. The molecule has 2 aromatic carbocycles.